The maximum absolute atomic E-state index is 12.2. The molecule has 0 aliphatic carbocycles. The Labute approximate surface area is 161 Å². The molecule has 0 bridgehead atoms. The van der Waals surface area contributed by atoms with Gasteiger partial charge < -0.3 is 14.6 Å². The molecule has 0 spiro atoms. The molecule has 0 saturated carbocycles. The SMILES string of the molecule is [B]C([B])(c1nc(CC(O)c2ccc(Cl)cc2)no1)n1c(=O)[nH]cc(C)c1=O. The van der Waals surface area contributed by atoms with Gasteiger partial charge in [0.25, 0.3) is 5.56 Å². The van der Waals surface area contributed by atoms with Crippen molar-refractivity contribution in [2.75, 3.05) is 0 Å². The Balaban J connectivity index is 1.89. The van der Waals surface area contributed by atoms with Crippen LogP contribution in [-0.2, 0) is 11.8 Å². The summed E-state index contributed by atoms with van der Waals surface area (Å²) in [6, 6.07) is 6.61. The minimum absolute atomic E-state index is 0.000284. The van der Waals surface area contributed by atoms with Crippen LogP contribution in [0.4, 0.5) is 0 Å². The van der Waals surface area contributed by atoms with Gasteiger partial charge in [0.15, 0.2) is 5.82 Å². The predicted molar refractivity (Wildman–Crippen MR) is 99.1 cm³/mol. The van der Waals surface area contributed by atoms with Gasteiger partial charge >= 0.3 is 5.69 Å². The van der Waals surface area contributed by atoms with E-state index in [0.29, 0.717) is 15.2 Å². The van der Waals surface area contributed by atoms with Crippen molar-refractivity contribution >= 4 is 27.3 Å². The fourth-order valence-electron chi connectivity index (χ4n) is 2.47. The summed E-state index contributed by atoms with van der Waals surface area (Å²) in [4.78, 5) is 30.6. The van der Waals surface area contributed by atoms with Crippen LogP contribution in [0, 0.1) is 6.92 Å². The van der Waals surface area contributed by atoms with Crippen LogP contribution in [0.5, 0.6) is 0 Å². The molecule has 0 fully saturated rings. The first-order valence-electron chi connectivity index (χ1n) is 7.86. The molecule has 27 heavy (non-hydrogen) atoms. The Morgan fingerprint density at radius 3 is 2.67 bits per heavy atom. The highest BCUT2D eigenvalue weighted by molar-refractivity contribution is 6.39. The van der Waals surface area contributed by atoms with Crippen molar-refractivity contribution in [1.82, 2.24) is 19.7 Å². The normalized spacial score (nSPS) is 12.9. The van der Waals surface area contributed by atoms with E-state index in [2.05, 4.69) is 15.1 Å². The molecule has 0 aliphatic rings. The molecule has 1 aromatic carbocycles. The first-order chi connectivity index (χ1) is 12.7. The molecule has 1 unspecified atom stereocenters. The number of H-pyrrole nitrogens is 1. The van der Waals surface area contributed by atoms with Gasteiger partial charge in [0.1, 0.15) is 15.7 Å². The van der Waals surface area contributed by atoms with Crippen molar-refractivity contribution in [3.05, 3.63) is 79.2 Å². The van der Waals surface area contributed by atoms with Gasteiger partial charge in [0.05, 0.1) is 11.4 Å². The van der Waals surface area contributed by atoms with E-state index in [-0.39, 0.29) is 23.7 Å². The van der Waals surface area contributed by atoms with E-state index < -0.39 is 22.7 Å². The highest BCUT2D eigenvalue weighted by atomic mass is 35.5. The Morgan fingerprint density at radius 1 is 1.33 bits per heavy atom. The standard InChI is InChI=1S/C16H13B2ClN4O4/c1-8-7-20-15(26)23(13(8)25)16(17,18)14-21-12(22-27-14)6-11(24)9-2-4-10(19)5-3-9/h2-5,7,11,24H,6H2,1H3,(H,20,26). The second-order valence-electron chi connectivity index (χ2n) is 6.03. The number of hydrogen-bond acceptors (Lipinski definition) is 6. The lowest BCUT2D eigenvalue weighted by atomic mass is 9.61. The van der Waals surface area contributed by atoms with Gasteiger partial charge in [-0.05, 0) is 24.6 Å². The van der Waals surface area contributed by atoms with Crippen molar-refractivity contribution < 1.29 is 9.63 Å². The number of aromatic amines is 1. The number of benzene rings is 1. The van der Waals surface area contributed by atoms with Gasteiger partial charge in [-0.25, -0.2) is 4.79 Å². The number of aliphatic hydroxyl groups excluding tert-OH is 1. The summed E-state index contributed by atoms with van der Waals surface area (Å²) >= 11 is 5.82. The molecule has 3 rings (SSSR count). The second kappa shape index (κ2) is 7.21. The largest absolute Gasteiger partial charge is 0.388 e. The third kappa shape index (κ3) is 3.77. The smallest absolute Gasteiger partial charge is 0.327 e. The number of nitrogens with one attached hydrogen (secondary N) is 1. The zero-order valence-electron chi connectivity index (χ0n) is 14.2. The maximum atomic E-state index is 12.2. The maximum Gasteiger partial charge on any atom is 0.327 e. The van der Waals surface area contributed by atoms with E-state index in [1.54, 1.807) is 24.3 Å². The molecular weight excluding hydrogens is 369 g/mol. The summed E-state index contributed by atoms with van der Waals surface area (Å²) in [5, 5.41) is 12.4. The summed E-state index contributed by atoms with van der Waals surface area (Å²) in [5.74, 6) is -0.246. The molecule has 1 atom stereocenters. The fourth-order valence-corrected chi connectivity index (χ4v) is 2.60. The van der Waals surface area contributed by atoms with Crippen LogP contribution in [0.15, 0.2) is 44.6 Å². The first-order valence-corrected chi connectivity index (χ1v) is 8.24. The van der Waals surface area contributed by atoms with Crippen molar-refractivity contribution in [1.29, 1.82) is 0 Å². The van der Waals surface area contributed by atoms with Gasteiger partial charge in [0, 0.05) is 23.2 Å². The molecule has 11 heteroatoms. The van der Waals surface area contributed by atoms with E-state index >= 15 is 0 Å². The average molecular weight is 382 g/mol. The van der Waals surface area contributed by atoms with Crippen LogP contribution in [0.3, 0.4) is 0 Å². The molecule has 2 N–H and O–H groups in total. The van der Waals surface area contributed by atoms with Gasteiger partial charge in [-0.3, -0.25) is 9.36 Å². The van der Waals surface area contributed by atoms with Gasteiger partial charge in [0.2, 0.25) is 5.89 Å². The fraction of sp³-hybridized carbons (Fsp3) is 0.250. The zero-order chi connectivity index (χ0) is 19.8. The lowest BCUT2D eigenvalue weighted by molar-refractivity contribution is 0.174. The summed E-state index contributed by atoms with van der Waals surface area (Å²) in [6.07, 6.45) is 0.321. The predicted octanol–water partition coefficient (Wildman–Crippen LogP) is 0.153. The van der Waals surface area contributed by atoms with Crippen molar-refractivity contribution in [2.24, 2.45) is 0 Å². The van der Waals surface area contributed by atoms with Gasteiger partial charge in [-0.2, -0.15) is 4.98 Å². The first kappa shape index (κ1) is 19.2. The van der Waals surface area contributed by atoms with E-state index in [9.17, 15) is 14.7 Å². The van der Waals surface area contributed by atoms with E-state index in [0.717, 1.165) is 0 Å². The third-order valence-corrected chi connectivity index (χ3v) is 4.22. The lowest BCUT2D eigenvalue weighted by Crippen LogP contribution is -2.51. The Bertz CT molecular complexity index is 1080. The molecule has 4 radical (unpaired) electrons. The molecule has 8 nitrogen and oxygen atoms in total. The van der Waals surface area contributed by atoms with Crippen molar-refractivity contribution in [3.8, 4) is 0 Å². The quantitative estimate of drug-likeness (QED) is 0.608. The monoisotopic (exact) mass is 382 g/mol. The number of aliphatic hydroxyl groups is 1. The molecule has 2 aromatic heterocycles. The van der Waals surface area contributed by atoms with E-state index in [1.807, 2.05) is 0 Å². The molecule has 134 valence electrons. The van der Waals surface area contributed by atoms with Gasteiger partial charge in [-0.1, -0.05) is 28.9 Å². The van der Waals surface area contributed by atoms with Crippen LogP contribution in [0.2, 0.25) is 5.02 Å². The lowest BCUT2D eigenvalue weighted by Gasteiger charge is -2.23. The summed E-state index contributed by atoms with van der Waals surface area (Å²) < 4.78 is 5.63. The van der Waals surface area contributed by atoms with Crippen LogP contribution >= 0.6 is 11.6 Å². The highest BCUT2D eigenvalue weighted by Gasteiger charge is 2.32. The Hall–Kier alpha value is -2.58. The highest BCUT2D eigenvalue weighted by Crippen LogP contribution is 2.21. The summed E-state index contributed by atoms with van der Waals surface area (Å²) in [6.45, 7) is 1.49. The van der Waals surface area contributed by atoms with Crippen molar-refractivity contribution in [3.63, 3.8) is 0 Å². The minimum Gasteiger partial charge on any atom is -0.388 e. The molecule has 0 amide bonds. The zero-order valence-corrected chi connectivity index (χ0v) is 15.0. The van der Waals surface area contributed by atoms with Gasteiger partial charge in [-0.15, -0.1) is 0 Å². The van der Waals surface area contributed by atoms with E-state index in [4.69, 9.17) is 31.8 Å². The number of hydrogen-bond donors (Lipinski definition) is 2. The topological polar surface area (TPSA) is 114 Å². The number of rotatable bonds is 5. The van der Waals surface area contributed by atoms with Crippen LogP contribution in [0.25, 0.3) is 0 Å². The summed E-state index contributed by atoms with van der Waals surface area (Å²) in [7, 11) is 11.9. The Morgan fingerprint density at radius 2 is 2.00 bits per heavy atom. The molecule has 2 heterocycles. The average Bonchev–Trinajstić information content (AvgIpc) is 3.08. The van der Waals surface area contributed by atoms with Crippen LogP contribution in [-0.4, -0.2) is 40.5 Å². The minimum atomic E-state index is -2.16. The molecule has 0 saturated heterocycles. The molecule has 0 aliphatic heterocycles. The third-order valence-electron chi connectivity index (χ3n) is 3.97. The number of aryl methyl sites for hydroxylation is 1. The Kier molecular flexibility index (Phi) is 5.12. The molecule has 3 aromatic rings. The van der Waals surface area contributed by atoms with Crippen LogP contribution < -0.4 is 11.2 Å². The molecular formula is C16H13B2ClN4O4. The number of halogens is 1. The second-order valence-corrected chi connectivity index (χ2v) is 6.47. The van der Waals surface area contributed by atoms with Crippen molar-refractivity contribution in [2.45, 2.75) is 24.8 Å². The summed E-state index contributed by atoms with van der Waals surface area (Å²) in [5.41, 5.74) is -0.683. The number of nitrogens with zero attached hydrogens (tertiary/aromatic N) is 3. The van der Waals surface area contributed by atoms with E-state index in [1.165, 1.54) is 13.1 Å². The van der Waals surface area contributed by atoms with Crippen LogP contribution in [0.1, 0.15) is 28.9 Å². The number of aromatic nitrogens is 4.